The van der Waals surface area contributed by atoms with Crippen LogP contribution in [0, 0.1) is 11.8 Å². The highest BCUT2D eigenvalue weighted by molar-refractivity contribution is 6.08. The standard InChI is InChI=1S/C17H20N2O5/c1-4-19-14(21)11-12(15(19)22)17(2,16(23)24-3)18-13(11)9-5-7-10(20)8-6-9/h5-8,11-13,18,20H,4H2,1-3H3/p+1/t11-,12-,13-,17+/m0/s1. The molecule has 7 nitrogen and oxygen atoms in total. The molecule has 2 aliphatic heterocycles. The monoisotopic (exact) mass is 333 g/mol. The van der Waals surface area contributed by atoms with Crippen LogP contribution in [-0.4, -0.2) is 47.0 Å². The molecule has 0 unspecified atom stereocenters. The van der Waals surface area contributed by atoms with Crippen LogP contribution < -0.4 is 5.32 Å². The van der Waals surface area contributed by atoms with E-state index in [1.807, 2.05) is 0 Å². The van der Waals surface area contributed by atoms with Crippen LogP contribution in [0.25, 0.3) is 0 Å². The molecule has 24 heavy (non-hydrogen) atoms. The molecule has 2 saturated heterocycles. The average Bonchev–Trinajstić information content (AvgIpc) is 3.02. The van der Waals surface area contributed by atoms with Crippen LogP contribution >= 0.6 is 0 Å². The van der Waals surface area contributed by atoms with E-state index in [-0.39, 0.29) is 30.2 Å². The van der Waals surface area contributed by atoms with E-state index in [4.69, 9.17) is 4.74 Å². The number of phenolic OH excluding ortho intramolecular Hbond substituents is 1. The Bertz CT molecular complexity index is 701. The zero-order valence-electron chi connectivity index (χ0n) is 13.9. The third-order valence-electron chi connectivity index (χ3n) is 5.22. The lowest BCUT2D eigenvalue weighted by Crippen LogP contribution is -2.97. The number of phenols is 1. The minimum absolute atomic E-state index is 0.119. The minimum Gasteiger partial charge on any atom is -0.508 e. The van der Waals surface area contributed by atoms with Crippen molar-refractivity contribution in [3.8, 4) is 5.75 Å². The van der Waals surface area contributed by atoms with Gasteiger partial charge in [-0.3, -0.25) is 14.5 Å². The van der Waals surface area contributed by atoms with Crippen molar-refractivity contribution in [2.45, 2.75) is 25.4 Å². The number of imide groups is 1. The summed E-state index contributed by atoms with van der Waals surface area (Å²) in [7, 11) is 1.28. The number of carbonyl (C=O) groups excluding carboxylic acids is 3. The number of benzene rings is 1. The van der Waals surface area contributed by atoms with Crippen LogP contribution in [0.15, 0.2) is 24.3 Å². The predicted octanol–water partition coefficient (Wildman–Crippen LogP) is -0.437. The van der Waals surface area contributed by atoms with Crippen molar-refractivity contribution in [3.63, 3.8) is 0 Å². The molecular formula is C17H21N2O5+. The van der Waals surface area contributed by atoms with Gasteiger partial charge in [-0.1, -0.05) is 0 Å². The van der Waals surface area contributed by atoms with Gasteiger partial charge in [-0.2, -0.15) is 0 Å². The van der Waals surface area contributed by atoms with E-state index in [1.165, 1.54) is 24.1 Å². The minimum atomic E-state index is -1.15. The summed E-state index contributed by atoms with van der Waals surface area (Å²) in [4.78, 5) is 39.1. The summed E-state index contributed by atoms with van der Waals surface area (Å²) in [6, 6.07) is 6.11. The molecule has 2 amide bonds. The molecule has 128 valence electrons. The molecule has 3 N–H and O–H groups in total. The lowest BCUT2D eigenvalue weighted by atomic mass is 9.80. The molecule has 1 aromatic rings. The molecule has 3 rings (SSSR count). The van der Waals surface area contributed by atoms with E-state index in [9.17, 15) is 19.5 Å². The molecule has 4 atom stereocenters. The molecule has 0 radical (unpaired) electrons. The van der Waals surface area contributed by atoms with Gasteiger partial charge in [0.1, 0.15) is 23.6 Å². The third-order valence-corrected chi connectivity index (χ3v) is 5.22. The number of carbonyl (C=O) groups is 3. The van der Waals surface area contributed by atoms with Crippen molar-refractivity contribution in [2.75, 3.05) is 13.7 Å². The Balaban J connectivity index is 2.09. The van der Waals surface area contributed by atoms with Crippen molar-refractivity contribution >= 4 is 17.8 Å². The van der Waals surface area contributed by atoms with Gasteiger partial charge >= 0.3 is 5.97 Å². The second-order valence-electron chi connectivity index (χ2n) is 6.48. The molecule has 0 saturated carbocycles. The fourth-order valence-electron chi connectivity index (χ4n) is 4.05. The van der Waals surface area contributed by atoms with E-state index < -0.39 is 23.3 Å². The number of likely N-dealkylation sites (tertiary alicyclic amines) is 1. The van der Waals surface area contributed by atoms with Crippen LogP contribution in [0.4, 0.5) is 0 Å². The van der Waals surface area contributed by atoms with Crippen molar-refractivity contribution < 1.29 is 29.5 Å². The first-order valence-corrected chi connectivity index (χ1v) is 7.93. The highest BCUT2D eigenvalue weighted by Crippen LogP contribution is 2.44. The molecule has 0 aromatic heterocycles. The van der Waals surface area contributed by atoms with Gasteiger partial charge in [-0.05, 0) is 31.2 Å². The Morgan fingerprint density at radius 1 is 1.29 bits per heavy atom. The molecule has 7 heteroatoms. The Kier molecular flexibility index (Phi) is 3.83. The SMILES string of the molecule is CCN1C(=O)[C@H]2[C@@H](C1=O)[C@](C)(C(=O)OC)[NH2+][C@H]2c1ccc(O)cc1. The lowest BCUT2D eigenvalue weighted by molar-refractivity contribution is -0.731. The van der Waals surface area contributed by atoms with Gasteiger partial charge in [0.15, 0.2) is 0 Å². The molecular weight excluding hydrogens is 312 g/mol. The van der Waals surface area contributed by atoms with Crippen molar-refractivity contribution in [2.24, 2.45) is 11.8 Å². The molecule has 0 spiro atoms. The normalized spacial score (nSPS) is 32.1. The Morgan fingerprint density at radius 3 is 2.46 bits per heavy atom. The van der Waals surface area contributed by atoms with Gasteiger partial charge in [0, 0.05) is 19.0 Å². The molecule has 0 bridgehead atoms. The lowest BCUT2D eigenvalue weighted by Gasteiger charge is -2.25. The molecule has 2 heterocycles. The number of hydrogen-bond donors (Lipinski definition) is 2. The Morgan fingerprint density at radius 2 is 1.92 bits per heavy atom. The van der Waals surface area contributed by atoms with Crippen LogP contribution in [0.2, 0.25) is 0 Å². The smallest absolute Gasteiger partial charge is 0.368 e. The summed E-state index contributed by atoms with van der Waals surface area (Å²) >= 11 is 0. The van der Waals surface area contributed by atoms with Gasteiger partial charge < -0.3 is 15.2 Å². The predicted molar refractivity (Wildman–Crippen MR) is 82.6 cm³/mol. The van der Waals surface area contributed by atoms with E-state index in [1.54, 1.807) is 31.3 Å². The number of ether oxygens (including phenoxy) is 1. The summed E-state index contributed by atoms with van der Waals surface area (Å²) in [6.45, 7) is 3.68. The van der Waals surface area contributed by atoms with Crippen LogP contribution in [0.3, 0.4) is 0 Å². The highest BCUT2D eigenvalue weighted by Gasteiger charge is 2.70. The zero-order valence-corrected chi connectivity index (χ0v) is 13.9. The van der Waals surface area contributed by atoms with Gasteiger partial charge in [-0.25, -0.2) is 4.79 Å². The summed E-state index contributed by atoms with van der Waals surface area (Å²) in [5.41, 5.74) is -0.368. The van der Waals surface area contributed by atoms with Crippen molar-refractivity contribution in [1.29, 1.82) is 0 Å². The number of methoxy groups -OCH3 is 1. The number of fused-ring (bicyclic) bond motifs is 1. The molecule has 2 fully saturated rings. The largest absolute Gasteiger partial charge is 0.508 e. The summed E-state index contributed by atoms with van der Waals surface area (Å²) in [6.07, 6.45) is 0. The van der Waals surface area contributed by atoms with Crippen molar-refractivity contribution in [3.05, 3.63) is 29.8 Å². The van der Waals surface area contributed by atoms with Gasteiger partial charge in [-0.15, -0.1) is 0 Å². The first kappa shape index (κ1) is 16.4. The van der Waals surface area contributed by atoms with Gasteiger partial charge in [0.05, 0.1) is 7.11 Å². The van der Waals surface area contributed by atoms with E-state index in [0.717, 1.165) is 5.56 Å². The average molecular weight is 333 g/mol. The fourth-order valence-corrected chi connectivity index (χ4v) is 4.05. The number of nitrogens with two attached hydrogens (primary N) is 1. The Labute approximate surface area is 139 Å². The number of amides is 2. The van der Waals surface area contributed by atoms with Gasteiger partial charge in [0.2, 0.25) is 17.4 Å². The quantitative estimate of drug-likeness (QED) is 0.577. The van der Waals surface area contributed by atoms with Crippen LogP contribution in [0.1, 0.15) is 25.5 Å². The number of quaternary nitrogens is 1. The molecule has 2 aliphatic rings. The number of rotatable bonds is 3. The first-order valence-electron chi connectivity index (χ1n) is 7.93. The third kappa shape index (κ3) is 2.11. The van der Waals surface area contributed by atoms with Crippen molar-refractivity contribution in [1.82, 2.24) is 4.90 Å². The van der Waals surface area contributed by atoms with Crippen LogP contribution in [0.5, 0.6) is 5.75 Å². The highest BCUT2D eigenvalue weighted by atomic mass is 16.5. The zero-order chi connectivity index (χ0) is 17.6. The second-order valence-corrected chi connectivity index (χ2v) is 6.48. The molecule has 0 aliphatic carbocycles. The van der Waals surface area contributed by atoms with E-state index >= 15 is 0 Å². The second kappa shape index (κ2) is 5.59. The molecule has 1 aromatic carbocycles. The van der Waals surface area contributed by atoms with E-state index in [2.05, 4.69) is 0 Å². The summed E-state index contributed by atoms with van der Waals surface area (Å²) in [5, 5.41) is 11.2. The summed E-state index contributed by atoms with van der Waals surface area (Å²) < 4.78 is 4.91. The maximum Gasteiger partial charge on any atom is 0.368 e. The Hall–Kier alpha value is -2.41. The van der Waals surface area contributed by atoms with Crippen LogP contribution in [-0.2, 0) is 19.1 Å². The number of aromatic hydroxyl groups is 1. The number of nitrogens with zero attached hydrogens (tertiary/aromatic N) is 1. The first-order chi connectivity index (χ1) is 11.3. The number of esters is 1. The topological polar surface area (TPSA) is 101 Å². The number of hydrogen-bond acceptors (Lipinski definition) is 5. The maximum absolute atomic E-state index is 12.8. The maximum atomic E-state index is 12.8. The summed E-state index contributed by atoms with van der Waals surface area (Å²) in [5.74, 6) is -2.35. The van der Waals surface area contributed by atoms with Gasteiger partial charge in [0.25, 0.3) is 0 Å². The fraction of sp³-hybridized carbons (Fsp3) is 0.471. The van der Waals surface area contributed by atoms with E-state index in [0.29, 0.717) is 0 Å².